The van der Waals surface area contributed by atoms with Crippen LogP contribution in [0.1, 0.15) is 12.8 Å². The summed E-state index contributed by atoms with van der Waals surface area (Å²) in [7, 11) is -1.76. The van der Waals surface area contributed by atoms with Crippen molar-refractivity contribution in [1.82, 2.24) is 19.3 Å². The minimum atomic E-state index is -3.51. The van der Waals surface area contributed by atoms with E-state index in [4.69, 9.17) is 0 Å². The first kappa shape index (κ1) is 15.9. The minimum Gasteiger partial charge on any atom is -0.370 e. The largest absolute Gasteiger partial charge is 0.370 e. The normalized spacial score (nSPS) is 16.7. The third kappa shape index (κ3) is 3.89. The van der Waals surface area contributed by atoms with Crippen LogP contribution in [0.25, 0.3) is 0 Å². The fourth-order valence-electron chi connectivity index (χ4n) is 2.77. The van der Waals surface area contributed by atoms with Crippen molar-refractivity contribution in [3.05, 3.63) is 37.1 Å². The van der Waals surface area contributed by atoms with Crippen molar-refractivity contribution in [3.63, 3.8) is 0 Å². The summed E-state index contributed by atoms with van der Waals surface area (Å²) in [5, 5.41) is 0.0767. The van der Waals surface area contributed by atoms with Crippen LogP contribution in [-0.2, 0) is 17.1 Å². The van der Waals surface area contributed by atoms with E-state index in [0.29, 0.717) is 12.5 Å². The predicted octanol–water partition coefficient (Wildman–Crippen LogP) is 1.01. The molecular formula is C15H21N5O2S. The number of hydrogen-bond donors (Lipinski definition) is 1. The number of hydrogen-bond acceptors (Lipinski definition) is 5. The SMILES string of the molecule is Cn1cnc(S(=O)(=O)NCC2CCN(c3cccnc3)CC2)c1. The number of aryl methyl sites for hydroxylation is 1. The van der Waals surface area contributed by atoms with Gasteiger partial charge in [-0.1, -0.05) is 0 Å². The number of imidazole rings is 1. The van der Waals surface area contributed by atoms with E-state index in [9.17, 15) is 8.42 Å². The zero-order chi connectivity index (χ0) is 16.3. The molecule has 0 bridgehead atoms. The Hall–Kier alpha value is -1.93. The quantitative estimate of drug-likeness (QED) is 0.882. The lowest BCUT2D eigenvalue weighted by Crippen LogP contribution is -2.38. The van der Waals surface area contributed by atoms with E-state index in [1.54, 1.807) is 17.8 Å². The van der Waals surface area contributed by atoms with Gasteiger partial charge in [-0.15, -0.1) is 0 Å². The molecule has 23 heavy (non-hydrogen) atoms. The van der Waals surface area contributed by atoms with Crippen LogP contribution < -0.4 is 9.62 Å². The molecule has 3 heterocycles. The third-order valence-corrected chi connectivity index (χ3v) is 5.45. The van der Waals surface area contributed by atoms with Crippen LogP contribution in [0.5, 0.6) is 0 Å². The number of aromatic nitrogens is 3. The molecule has 0 saturated carbocycles. The van der Waals surface area contributed by atoms with Crippen LogP contribution in [0, 0.1) is 5.92 Å². The predicted molar refractivity (Wildman–Crippen MR) is 87.6 cm³/mol. The van der Waals surface area contributed by atoms with Gasteiger partial charge in [0.1, 0.15) is 0 Å². The molecule has 0 amide bonds. The molecule has 0 spiro atoms. The highest BCUT2D eigenvalue weighted by molar-refractivity contribution is 7.89. The molecule has 0 radical (unpaired) electrons. The number of nitrogens with one attached hydrogen (secondary N) is 1. The van der Waals surface area contributed by atoms with Crippen LogP contribution in [0.15, 0.2) is 42.1 Å². The van der Waals surface area contributed by atoms with E-state index in [-0.39, 0.29) is 5.03 Å². The standard InChI is InChI=1S/C15H21N5O2S/c1-19-11-15(17-12-19)23(21,22)18-9-13-4-7-20(8-5-13)14-3-2-6-16-10-14/h2-3,6,10-13,18H,4-5,7-9H2,1H3. The summed E-state index contributed by atoms with van der Waals surface area (Å²) in [6.45, 7) is 2.29. The van der Waals surface area contributed by atoms with Crippen LogP contribution in [0.3, 0.4) is 0 Å². The Kier molecular flexibility index (Phi) is 4.63. The van der Waals surface area contributed by atoms with Crippen molar-refractivity contribution in [2.75, 3.05) is 24.5 Å². The van der Waals surface area contributed by atoms with Gasteiger partial charge in [-0.2, -0.15) is 0 Å². The van der Waals surface area contributed by atoms with Gasteiger partial charge in [-0.3, -0.25) is 4.98 Å². The first-order valence-corrected chi connectivity index (χ1v) is 9.15. The molecule has 0 aliphatic carbocycles. The van der Waals surface area contributed by atoms with E-state index < -0.39 is 10.0 Å². The Morgan fingerprint density at radius 3 is 2.74 bits per heavy atom. The average molecular weight is 335 g/mol. The lowest BCUT2D eigenvalue weighted by Gasteiger charge is -2.33. The smallest absolute Gasteiger partial charge is 0.259 e. The van der Waals surface area contributed by atoms with Crippen molar-refractivity contribution >= 4 is 15.7 Å². The molecule has 7 nitrogen and oxygen atoms in total. The lowest BCUT2D eigenvalue weighted by molar-refractivity contribution is 0.401. The van der Waals surface area contributed by atoms with Crippen molar-refractivity contribution in [2.45, 2.75) is 17.9 Å². The topological polar surface area (TPSA) is 80.1 Å². The summed E-state index contributed by atoms with van der Waals surface area (Å²) in [5.41, 5.74) is 1.13. The molecule has 1 aliphatic heterocycles. The number of anilines is 1. The maximum absolute atomic E-state index is 12.2. The van der Waals surface area contributed by atoms with Crippen molar-refractivity contribution < 1.29 is 8.42 Å². The van der Waals surface area contributed by atoms with Crippen molar-refractivity contribution in [3.8, 4) is 0 Å². The van der Waals surface area contributed by atoms with Crippen LogP contribution in [0.2, 0.25) is 0 Å². The fourth-order valence-corrected chi connectivity index (χ4v) is 3.86. The van der Waals surface area contributed by atoms with Crippen LogP contribution in [0.4, 0.5) is 5.69 Å². The lowest BCUT2D eigenvalue weighted by atomic mass is 9.97. The molecule has 8 heteroatoms. The first-order chi connectivity index (χ1) is 11.0. The summed E-state index contributed by atoms with van der Waals surface area (Å²) in [5.74, 6) is 0.349. The van der Waals surface area contributed by atoms with Gasteiger partial charge in [0, 0.05) is 39.1 Å². The molecule has 0 aromatic carbocycles. The van der Waals surface area contributed by atoms with Crippen molar-refractivity contribution in [2.24, 2.45) is 13.0 Å². The van der Waals surface area contributed by atoms with E-state index in [2.05, 4.69) is 25.7 Å². The molecule has 2 aromatic heterocycles. The molecular weight excluding hydrogens is 314 g/mol. The average Bonchev–Trinajstić information content (AvgIpc) is 3.02. The molecule has 124 valence electrons. The summed E-state index contributed by atoms with van der Waals surface area (Å²) in [6.07, 6.45) is 8.54. The number of sulfonamides is 1. The van der Waals surface area contributed by atoms with Gasteiger partial charge >= 0.3 is 0 Å². The Morgan fingerprint density at radius 2 is 2.13 bits per heavy atom. The Morgan fingerprint density at radius 1 is 1.35 bits per heavy atom. The van der Waals surface area contributed by atoms with E-state index in [1.165, 1.54) is 12.5 Å². The summed E-state index contributed by atoms with van der Waals surface area (Å²) in [4.78, 5) is 10.3. The summed E-state index contributed by atoms with van der Waals surface area (Å²) >= 11 is 0. The third-order valence-electron chi connectivity index (χ3n) is 4.14. The molecule has 2 aromatic rings. The second-order valence-corrected chi connectivity index (χ2v) is 7.58. The van der Waals surface area contributed by atoms with E-state index >= 15 is 0 Å². The van der Waals surface area contributed by atoms with Gasteiger partial charge < -0.3 is 9.47 Å². The van der Waals surface area contributed by atoms with Gasteiger partial charge in [0.05, 0.1) is 18.2 Å². The number of rotatable bonds is 5. The fraction of sp³-hybridized carbons (Fsp3) is 0.467. The van der Waals surface area contributed by atoms with Gasteiger partial charge in [0.15, 0.2) is 5.03 Å². The van der Waals surface area contributed by atoms with Gasteiger partial charge in [-0.05, 0) is 30.9 Å². The molecule has 1 aliphatic rings. The van der Waals surface area contributed by atoms with Crippen LogP contribution >= 0.6 is 0 Å². The molecule has 3 rings (SSSR count). The first-order valence-electron chi connectivity index (χ1n) is 7.67. The number of pyridine rings is 1. The molecule has 0 atom stereocenters. The second kappa shape index (κ2) is 6.67. The Balaban J connectivity index is 1.51. The Labute approximate surface area is 136 Å². The van der Waals surface area contributed by atoms with Crippen LogP contribution in [-0.4, -0.2) is 42.6 Å². The highest BCUT2D eigenvalue weighted by atomic mass is 32.2. The zero-order valence-corrected chi connectivity index (χ0v) is 13.9. The molecule has 1 N–H and O–H groups in total. The summed E-state index contributed by atoms with van der Waals surface area (Å²) < 4.78 is 28.6. The number of piperidine rings is 1. The second-order valence-electron chi connectivity index (χ2n) is 5.87. The monoisotopic (exact) mass is 335 g/mol. The van der Waals surface area contributed by atoms with Gasteiger partial charge in [0.2, 0.25) is 0 Å². The van der Waals surface area contributed by atoms with E-state index in [1.807, 2.05) is 12.3 Å². The van der Waals surface area contributed by atoms with Gasteiger partial charge in [-0.25, -0.2) is 18.1 Å². The molecule has 1 saturated heterocycles. The van der Waals surface area contributed by atoms with E-state index in [0.717, 1.165) is 31.6 Å². The zero-order valence-electron chi connectivity index (χ0n) is 13.1. The highest BCUT2D eigenvalue weighted by Gasteiger charge is 2.23. The van der Waals surface area contributed by atoms with Gasteiger partial charge in [0.25, 0.3) is 10.0 Å². The Bertz CT molecular complexity index is 736. The summed E-state index contributed by atoms with van der Waals surface area (Å²) in [6, 6.07) is 3.99. The molecule has 1 fully saturated rings. The maximum Gasteiger partial charge on any atom is 0.259 e. The molecule has 0 unspecified atom stereocenters. The maximum atomic E-state index is 12.2. The highest BCUT2D eigenvalue weighted by Crippen LogP contribution is 2.22. The number of nitrogens with zero attached hydrogens (tertiary/aromatic N) is 4. The minimum absolute atomic E-state index is 0.0767. The van der Waals surface area contributed by atoms with Crippen molar-refractivity contribution in [1.29, 1.82) is 0 Å².